The van der Waals surface area contributed by atoms with Gasteiger partial charge in [0.2, 0.25) is 0 Å². The van der Waals surface area contributed by atoms with Gasteiger partial charge in [-0.2, -0.15) is 5.26 Å². The lowest BCUT2D eigenvalue weighted by atomic mass is 9.89. The van der Waals surface area contributed by atoms with Crippen molar-refractivity contribution in [3.05, 3.63) is 35.9 Å². The van der Waals surface area contributed by atoms with Gasteiger partial charge in [0.25, 0.3) is 0 Å². The van der Waals surface area contributed by atoms with Crippen LogP contribution in [0.4, 0.5) is 0 Å². The largest absolute Gasteiger partial charge is 0.296 e. The van der Waals surface area contributed by atoms with Crippen molar-refractivity contribution in [3.8, 4) is 6.07 Å². The average molecular weight is 242 g/mol. The molecule has 18 heavy (non-hydrogen) atoms. The first-order chi connectivity index (χ1) is 8.72. The minimum Gasteiger partial charge on any atom is -0.296 e. The molecule has 1 fully saturated rings. The van der Waals surface area contributed by atoms with Crippen molar-refractivity contribution < 1.29 is 0 Å². The van der Waals surface area contributed by atoms with Crippen molar-refractivity contribution in [2.24, 2.45) is 11.8 Å². The summed E-state index contributed by atoms with van der Waals surface area (Å²) in [4.78, 5) is 2.56. The fourth-order valence-electron chi connectivity index (χ4n) is 3.26. The summed E-state index contributed by atoms with van der Waals surface area (Å²) in [5.41, 5.74) is 1.38. The lowest BCUT2D eigenvalue weighted by Gasteiger charge is -2.30. The van der Waals surface area contributed by atoms with Crippen molar-refractivity contribution in [2.45, 2.75) is 39.3 Å². The van der Waals surface area contributed by atoms with Gasteiger partial charge >= 0.3 is 0 Å². The maximum Gasteiger partial charge on any atom is 0.0625 e. The van der Waals surface area contributed by atoms with Crippen LogP contribution in [-0.2, 0) is 6.54 Å². The molecule has 1 saturated heterocycles. The molecule has 0 saturated carbocycles. The van der Waals surface area contributed by atoms with E-state index >= 15 is 0 Å². The van der Waals surface area contributed by atoms with Crippen LogP contribution >= 0.6 is 0 Å². The van der Waals surface area contributed by atoms with E-state index in [4.69, 9.17) is 5.26 Å². The lowest BCUT2D eigenvalue weighted by molar-refractivity contribution is 0.169. The monoisotopic (exact) mass is 242 g/mol. The summed E-state index contributed by atoms with van der Waals surface area (Å²) in [6.45, 7) is 6.70. The molecular formula is C16H22N2. The molecule has 2 rings (SSSR count). The molecule has 1 heterocycles. The van der Waals surface area contributed by atoms with Crippen LogP contribution in [0.15, 0.2) is 30.3 Å². The van der Waals surface area contributed by atoms with E-state index in [0.29, 0.717) is 24.3 Å². The summed E-state index contributed by atoms with van der Waals surface area (Å²) in [7, 11) is 0. The van der Waals surface area contributed by atoms with Crippen LogP contribution in [0.25, 0.3) is 0 Å². The second-order valence-electron chi connectivity index (χ2n) is 5.60. The molecule has 1 aromatic carbocycles. The van der Waals surface area contributed by atoms with Crippen molar-refractivity contribution in [2.75, 3.05) is 6.54 Å². The molecule has 0 N–H and O–H groups in total. The molecular weight excluding hydrogens is 220 g/mol. The van der Waals surface area contributed by atoms with Gasteiger partial charge in [0.15, 0.2) is 0 Å². The fourth-order valence-corrected chi connectivity index (χ4v) is 3.26. The van der Waals surface area contributed by atoms with Crippen LogP contribution in [-0.4, -0.2) is 17.5 Å². The molecule has 0 bridgehead atoms. The SMILES string of the molecule is CC(C)C1C(CC#N)CCN1Cc1ccccc1. The lowest BCUT2D eigenvalue weighted by Crippen LogP contribution is -2.36. The molecule has 2 nitrogen and oxygen atoms in total. The molecule has 2 unspecified atom stereocenters. The molecule has 0 spiro atoms. The van der Waals surface area contributed by atoms with Gasteiger partial charge in [0.1, 0.15) is 0 Å². The third-order valence-electron chi connectivity index (χ3n) is 3.96. The maximum absolute atomic E-state index is 8.93. The summed E-state index contributed by atoms with van der Waals surface area (Å²) in [6, 6.07) is 13.6. The first-order valence-electron chi connectivity index (χ1n) is 6.87. The third-order valence-corrected chi connectivity index (χ3v) is 3.96. The summed E-state index contributed by atoms with van der Waals surface area (Å²) in [5, 5.41) is 8.93. The number of hydrogen-bond acceptors (Lipinski definition) is 2. The number of benzene rings is 1. The van der Waals surface area contributed by atoms with Gasteiger partial charge in [-0.25, -0.2) is 0 Å². The quantitative estimate of drug-likeness (QED) is 0.808. The van der Waals surface area contributed by atoms with E-state index in [-0.39, 0.29) is 0 Å². The standard InChI is InChI=1S/C16H22N2/c1-13(2)16-15(8-10-17)9-11-18(16)12-14-6-4-3-5-7-14/h3-7,13,15-16H,8-9,11-12H2,1-2H3. The fraction of sp³-hybridized carbons (Fsp3) is 0.562. The van der Waals surface area contributed by atoms with Crippen molar-refractivity contribution >= 4 is 0 Å². The maximum atomic E-state index is 8.93. The Morgan fingerprint density at radius 1 is 1.33 bits per heavy atom. The van der Waals surface area contributed by atoms with Gasteiger partial charge in [-0.3, -0.25) is 4.90 Å². The topological polar surface area (TPSA) is 27.0 Å². The van der Waals surface area contributed by atoms with Gasteiger partial charge in [0.05, 0.1) is 6.07 Å². The first kappa shape index (κ1) is 13.1. The summed E-state index contributed by atoms with van der Waals surface area (Å²) < 4.78 is 0. The van der Waals surface area contributed by atoms with E-state index in [0.717, 1.165) is 13.1 Å². The average Bonchev–Trinajstić information content (AvgIpc) is 2.74. The molecule has 96 valence electrons. The second kappa shape index (κ2) is 6.02. The van der Waals surface area contributed by atoms with Crippen molar-refractivity contribution in [1.29, 1.82) is 5.26 Å². The zero-order chi connectivity index (χ0) is 13.0. The van der Waals surface area contributed by atoms with Crippen molar-refractivity contribution in [3.63, 3.8) is 0 Å². The van der Waals surface area contributed by atoms with E-state index in [1.165, 1.54) is 12.0 Å². The van der Waals surface area contributed by atoms with Crippen LogP contribution in [0.3, 0.4) is 0 Å². The van der Waals surface area contributed by atoms with Crippen LogP contribution in [0.2, 0.25) is 0 Å². The molecule has 0 radical (unpaired) electrons. The van der Waals surface area contributed by atoms with Crippen LogP contribution in [0, 0.1) is 23.2 Å². The predicted molar refractivity (Wildman–Crippen MR) is 73.8 cm³/mol. The van der Waals surface area contributed by atoms with E-state index in [1.807, 2.05) is 0 Å². The Hall–Kier alpha value is -1.33. The second-order valence-corrected chi connectivity index (χ2v) is 5.60. The van der Waals surface area contributed by atoms with Gasteiger partial charge in [-0.1, -0.05) is 44.2 Å². The third kappa shape index (κ3) is 2.91. The Kier molecular flexibility index (Phi) is 4.38. The number of hydrogen-bond donors (Lipinski definition) is 0. The Morgan fingerprint density at radius 3 is 2.67 bits per heavy atom. The van der Waals surface area contributed by atoms with E-state index in [1.54, 1.807) is 0 Å². The van der Waals surface area contributed by atoms with Gasteiger partial charge in [-0.15, -0.1) is 0 Å². The highest BCUT2D eigenvalue weighted by Crippen LogP contribution is 2.32. The molecule has 1 aliphatic rings. The van der Waals surface area contributed by atoms with E-state index in [9.17, 15) is 0 Å². The molecule has 0 amide bonds. The Labute approximate surface area is 110 Å². The Balaban J connectivity index is 2.06. The molecule has 1 aliphatic heterocycles. The highest BCUT2D eigenvalue weighted by atomic mass is 15.2. The Bertz CT molecular complexity index is 405. The van der Waals surface area contributed by atoms with Gasteiger partial charge < -0.3 is 0 Å². The van der Waals surface area contributed by atoms with Gasteiger partial charge in [-0.05, 0) is 30.4 Å². The highest BCUT2D eigenvalue weighted by Gasteiger charge is 2.35. The van der Waals surface area contributed by atoms with Crippen LogP contribution in [0.1, 0.15) is 32.3 Å². The van der Waals surface area contributed by atoms with Crippen LogP contribution in [0.5, 0.6) is 0 Å². The minimum atomic E-state index is 0.554. The molecule has 1 aromatic rings. The number of nitrogens with zero attached hydrogens (tertiary/aromatic N) is 2. The number of likely N-dealkylation sites (tertiary alicyclic amines) is 1. The summed E-state index contributed by atoms with van der Waals surface area (Å²) >= 11 is 0. The predicted octanol–water partition coefficient (Wildman–Crippen LogP) is 3.45. The zero-order valence-electron chi connectivity index (χ0n) is 11.3. The molecule has 2 heteroatoms. The van der Waals surface area contributed by atoms with Crippen molar-refractivity contribution in [1.82, 2.24) is 4.90 Å². The highest BCUT2D eigenvalue weighted by molar-refractivity contribution is 5.15. The normalized spacial score (nSPS) is 24.3. The number of nitriles is 1. The minimum absolute atomic E-state index is 0.554. The van der Waals surface area contributed by atoms with Crippen LogP contribution < -0.4 is 0 Å². The number of rotatable bonds is 4. The summed E-state index contributed by atoms with van der Waals surface area (Å²) in [5.74, 6) is 1.17. The molecule has 0 aromatic heterocycles. The molecule has 0 aliphatic carbocycles. The van der Waals surface area contributed by atoms with Gasteiger partial charge in [0, 0.05) is 19.0 Å². The zero-order valence-corrected chi connectivity index (χ0v) is 11.3. The van der Waals surface area contributed by atoms with E-state index < -0.39 is 0 Å². The molecule has 2 atom stereocenters. The van der Waals surface area contributed by atoms with E-state index in [2.05, 4.69) is 55.1 Å². The smallest absolute Gasteiger partial charge is 0.0625 e. The summed E-state index contributed by atoms with van der Waals surface area (Å²) in [6.07, 6.45) is 1.87. The Morgan fingerprint density at radius 2 is 2.06 bits per heavy atom. The first-order valence-corrected chi connectivity index (χ1v) is 6.87.